The van der Waals surface area contributed by atoms with Crippen molar-refractivity contribution in [2.75, 3.05) is 26.8 Å². The Labute approximate surface area is 118 Å². The van der Waals surface area contributed by atoms with Crippen molar-refractivity contribution in [2.45, 2.75) is 38.3 Å². The molecule has 0 radical (unpaired) electrons. The van der Waals surface area contributed by atoms with E-state index in [-0.39, 0.29) is 12.5 Å². The van der Waals surface area contributed by atoms with Crippen LogP contribution in [0.3, 0.4) is 0 Å². The number of nitrogens with one attached hydrogen (secondary N) is 1. The molecule has 1 heterocycles. The topological polar surface area (TPSA) is 99.1 Å². The van der Waals surface area contributed by atoms with E-state index in [1.54, 1.807) is 20.9 Å². The highest BCUT2D eigenvalue weighted by molar-refractivity contribution is 5.82. The monoisotopic (exact) mass is 288 g/mol. The first-order valence-electron chi connectivity index (χ1n) is 6.80. The number of ether oxygens (including phenoxy) is 1. The second-order valence-electron chi connectivity index (χ2n) is 5.70. The van der Waals surface area contributed by atoms with E-state index in [0.29, 0.717) is 26.1 Å². The van der Waals surface area contributed by atoms with Crippen LogP contribution in [0.4, 0.5) is 4.79 Å². The van der Waals surface area contributed by atoms with Crippen molar-refractivity contribution in [3.63, 3.8) is 0 Å². The van der Waals surface area contributed by atoms with Crippen LogP contribution in [0.1, 0.15) is 26.7 Å². The molecule has 7 heteroatoms. The van der Waals surface area contributed by atoms with Gasteiger partial charge in [-0.2, -0.15) is 0 Å². The molecule has 20 heavy (non-hydrogen) atoms. The van der Waals surface area contributed by atoms with Crippen molar-refractivity contribution >= 4 is 12.0 Å². The van der Waals surface area contributed by atoms with Crippen molar-refractivity contribution < 1.29 is 24.5 Å². The van der Waals surface area contributed by atoms with Gasteiger partial charge in [-0.3, -0.25) is 0 Å². The molecule has 1 aliphatic rings. The van der Waals surface area contributed by atoms with Crippen LogP contribution in [0, 0.1) is 5.92 Å². The third kappa shape index (κ3) is 4.64. The lowest BCUT2D eigenvalue weighted by molar-refractivity contribution is -0.140. The lowest BCUT2D eigenvalue weighted by atomic mass is 9.94. The average Bonchev–Trinajstić information content (AvgIpc) is 2.34. The molecule has 1 atom stereocenters. The number of carboxylic acid groups (broad SMARTS) is 1. The smallest absolute Gasteiger partial charge is 0.326 e. The van der Waals surface area contributed by atoms with Crippen LogP contribution >= 0.6 is 0 Å². The molecule has 7 nitrogen and oxygen atoms in total. The molecule has 0 bridgehead atoms. The van der Waals surface area contributed by atoms with E-state index in [9.17, 15) is 14.7 Å². The van der Waals surface area contributed by atoms with Gasteiger partial charge in [0.25, 0.3) is 0 Å². The van der Waals surface area contributed by atoms with Gasteiger partial charge in [0.2, 0.25) is 0 Å². The standard InChI is InChI=1S/C13H24N2O5/c1-9(2)10(11(16)17)14-12(18)15(3)8-13(19)4-6-20-7-5-13/h9-10,19H,4-8H2,1-3H3,(H,14,18)(H,16,17). The fourth-order valence-electron chi connectivity index (χ4n) is 2.18. The van der Waals surface area contributed by atoms with Crippen LogP contribution in [0.25, 0.3) is 0 Å². The Kier molecular flexibility index (Phi) is 5.76. The summed E-state index contributed by atoms with van der Waals surface area (Å²) >= 11 is 0. The van der Waals surface area contributed by atoms with Gasteiger partial charge in [-0.25, -0.2) is 9.59 Å². The first-order valence-corrected chi connectivity index (χ1v) is 6.80. The second kappa shape index (κ2) is 6.90. The number of likely N-dealkylation sites (N-methyl/N-ethyl adjacent to an activating group) is 1. The SMILES string of the molecule is CC(C)C(NC(=O)N(C)CC1(O)CCOCC1)C(=O)O. The Morgan fingerprint density at radius 2 is 1.90 bits per heavy atom. The Bertz CT molecular complexity index is 353. The molecule has 3 N–H and O–H groups in total. The minimum atomic E-state index is -1.06. The molecule has 0 aliphatic carbocycles. The second-order valence-corrected chi connectivity index (χ2v) is 5.70. The third-order valence-corrected chi connectivity index (χ3v) is 3.51. The van der Waals surface area contributed by atoms with Crippen molar-refractivity contribution in [1.82, 2.24) is 10.2 Å². The first-order chi connectivity index (χ1) is 9.25. The zero-order valence-electron chi connectivity index (χ0n) is 12.3. The van der Waals surface area contributed by atoms with Gasteiger partial charge in [-0.05, 0) is 5.92 Å². The Hall–Kier alpha value is -1.34. The number of nitrogens with zero attached hydrogens (tertiary/aromatic N) is 1. The number of amides is 2. The number of carboxylic acids is 1. The van der Waals surface area contributed by atoms with Gasteiger partial charge in [0.1, 0.15) is 6.04 Å². The van der Waals surface area contributed by atoms with Crippen molar-refractivity contribution in [2.24, 2.45) is 5.92 Å². The van der Waals surface area contributed by atoms with Crippen LogP contribution in [0.15, 0.2) is 0 Å². The quantitative estimate of drug-likeness (QED) is 0.675. The predicted octanol–water partition coefficient (Wildman–Crippen LogP) is 0.279. The van der Waals surface area contributed by atoms with Crippen molar-refractivity contribution in [1.29, 1.82) is 0 Å². The number of hydrogen-bond donors (Lipinski definition) is 3. The van der Waals surface area contributed by atoms with E-state index in [0.717, 1.165) is 0 Å². The lowest BCUT2D eigenvalue weighted by Crippen LogP contribution is -2.53. The van der Waals surface area contributed by atoms with Crippen molar-refractivity contribution in [3.8, 4) is 0 Å². The summed E-state index contributed by atoms with van der Waals surface area (Å²) in [5.41, 5.74) is -0.957. The van der Waals surface area contributed by atoms with Crippen LogP contribution in [-0.4, -0.2) is 65.6 Å². The summed E-state index contributed by atoms with van der Waals surface area (Å²) in [7, 11) is 1.54. The Balaban J connectivity index is 2.55. The largest absolute Gasteiger partial charge is 0.480 e. The predicted molar refractivity (Wildman–Crippen MR) is 72.4 cm³/mol. The molecule has 0 aromatic heterocycles. The van der Waals surface area contributed by atoms with Gasteiger partial charge in [0.05, 0.1) is 12.1 Å². The van der Waals surface area contributed by atoms with E-state index >= 15 is 0 Å². The van der Waals surface area contributed by atoms with Crippen LogP contribution in [0.2, 0.25) is 0 Å². The molecule has 0 saturated carbocycles. The highest BCUT2D eigenvalue weighted by atomic mass is 16.5. The molecule has 1 saturated heterocycles. The maximum absolute atomic E-state index is 12.0. The molecule has 0 aromatic carbocycles. The minimum Gasteiger partial charge on any atom is -0.480 e. The summed E-state index contributed by atoms with van der Waals surface area (Å²) < 4.78 is 5.18. The van der Waals surface area contributed by atoms with Gasteiger partial charge in [0, 0.05) is 33.1 Å². The van der Waals surface area contributed by atoms with E-state index in [1.807, 2.05) is 0 Å². The summed E-state index contributed by atoms with van der Waals surface area (Å²) in [6.45, 7) is 4.55. The van der Waals surface area contributed by atoms with Gasteiger partial charge < -0.3 is 25.2 Å². The zero-order valence-corrected chi connectivity index (χ0v) is 12.3. The average molecular weight is 288 g/mol. The lowest BCUT2D eigenvalue weighted by Gasteiger charge is -2.35. The summed E-state index contributed by atoms with van der Waals surface area (Å²) in [6.07, 6.45) is 0.939. The summed E-state index contributed by atoms with van der Waals surface area (Å²) in [4.78, 5) is 24.4. The number of carbonyl (C=O) groups excluding carboxylic acids is 1. The Morgan fingerprint density at radius 3 is 2.35 bits per heavy atom. The van der Waals surface area contributed by atoms with E-state index in [4.69, 9.17) is 9.84 Å². The summed E-state index contributed by atoms with van der Waals surface area (Å²) in [6, 6.07) is -1.43. The Morgan fingerprint density at radius 1 is 1.35 bits per heavy atom. The number of aliphatic carboxylic acids is 1. The maximum Gasteiger partial charge on any atom is 0.326 e. The van der Waals surface area contributed by atoms with Gasteiger partial charge >= 0.3 is 12.0 Å². The van der Waals surface area contributed by atoms with Crippen molar-refractivity contribution in [3.05, 3.63) is 0 Å². The summed E-state index contributed by atoms with van der Waals surface area (Å²) in [5.74, 6) is -1.28. The molecular formula is C13H24N2O5. The number of hydrogen-bond acceptors (Lipinski definition) is 4. The number of rotatable bonds is 5. The number of carbonyl (C=O) groups is 2. The molecule has 116 valence electrons. The molecular weight excluding hydrogens is 264 g/mol. The molecule has 1 aliphatic heterocycles. The van der Waals surface area contributed by atoms with E-state index in [1.165, 1.54) is 4.90 Å². The highest BCUT2D eigenvalue weighted by Crippen LogP contribution is 2.21. The number of aliphatic hydroxyl groups is 1. The molecule has 0 spiro atoms. The van der Waals surface area contributed by atoms with E-state index < -0.39 is 23.6 Å². The summed E-state index contributed by atoms with van der Waals surface area (Å²) in [5, 5.41) is 21.8. The fourth-order valence-corrected chi connectivity index (χ4v) is 2.18. The molecule has 1 rings (SSSR count). The third-order valence-electron chi connectivity index (χ3n) is 3.51. The van der Waals surface area contributed by atoms with E-state index in [2.05, 4.69) is 5.32 Å². The van der Waals surface area contributed by atoms with Gasteiger partial charge in [-0.1, -0.05) is 13.8 Å². The molecule has 1 fully saturated rings. The normalized spacial score (nSPS) is 19.4. The molecule has 2 amide bonds. The maximum atomic E-state index is 12.0. The highest BCUT2D eigenvalue weighted by Gasteiger charge is 2.33. The molecule has 1 unspecified atom stereocenters. The molecule has 0 aromatic rings. The fraction of sp³-hybridized carbons (Fsp3) is 0.846. The zero-order chi connectivity index (χ0) is 15.3. The van der Waals surface area contributed by atoms with Gasteiger partial charge in [0.15, 0.2) is 0 Å². The minimum absolute atomic E-state index is 0.159. The number of urea groups is 1. The first kappa shape index (κ1) is 16.7. The van der Waals surface area contributed by atoms with Crippen LogP contribution in [-0.2, 0) is 9.53 Å². The van der Waals surface area contributed by atoms with Gasteiger partial charge in [-0.15, -0.1) is 0 Å². The van der Waals surface area contributed by atoms with Crippen LogP contribution < -0.4 is 5.32 Å². The van der Waals surface area contributed by atoms with Crippen LogP contribution in [0.5, 0.6) is 0 Å².